The number of amides is 2. The molecule has 1 aliphatic heterocycles. The average molecular weight is 246 g/mol. The van der Waals surface area contributed by atoms with Crippen LogP contribution in [0.2, 0.25) is 0 Å². The van der Waals surface area contributed by atoms with Crippen LogP contribution in [0.25, 0.3) is 0 Å². The van der Waals surface area contributed by atoms with Gasteiger partial charge in [0.25, 0.3) is 0 Å². The summed E-state index contributed by atoms with van der Waals surface area (Å²) in [5, 5.41) is 0. The number of carbonyl (C=O) groups excluding carboxylic acids is 2. The van der Waals surface area contributed by atoms with Crippen molar-refractivity contribution in [1.29, 1.82) is 0 Å². The predicted octanol–water partition coefficient (Wildman–Crippen LogP) is 2.19. The highest BCUT2D eigenvalue weighted by Crippen LogP contribution is 2.41. The van der Waals surface area contributed by atoms with Crippen molar-refractivity contribution in [1.82, 2.24) is 0 Å². The fourth-order valence-corrected chi connectivity index (χ4v) is 2.17. The van der Waals surface area contributed by atoms with Crippen molar-refractivity contribution in [2.75, 3.05) is 10.6 Å². The third-order valence-corrected chi connectivity index (χ3v) is 3.89. The van der Waals surface area contributed by atoms with Crippen molar-refractivity contribution in [3.05, 3.63) is 24.3 Å². The topological polar surface area (TPSA) is 63.4 Å². The highest BCUT2D eigenvalue weighted by molar-refractivity contribution is 6.22. The van der Waals surface area contributed by atoms with Crippen molar-refractivity contribution >= 4 is 23.2 Å². The minimum Gasteiger partial charge on any atom is -0.399 e. The molecule has 2 amide bonds. The Labute approximate surface area is 107 Å². The normalized spacial score (nSPS) is 24.1. The Hall–Kier alpha value is -1.84. The molecular formula is C14H18N2O2. The molecule has 1 aromatic carbocycles. The van der Waals surface area contributed by atoms with Crippen molar-refractivity contribution in [3.63, 3.8) is 0 Å². The molecule has 0 saturated carbocycles. The molecule has 1 atom stereocenters. The molecule has 1 fully saturated rings. The Morgan fingerprint density at radius 3 is 2.22 bits per heavy atom. The second-order valence-electron chi connectivity index (χ2n) is 5.37. The zero-order chi connectivity index (χ0) is 13.5. The van der Waals surface area contributed by atoms with Crippen LogP contribution in [0, 0.1) is 11.3 Å². The first kappa shape index (κ1) is 12.6. The minimum atomic E-state index is -0.599. The molecule has 1 saturated heterocycles. The first-order valence-corrected chi connectivity index (χ1v) is 6.09. The van der Waals surface area contributed by atoms with E-state index in [1.807, 2.05) is 20.8 Å². The van der Waals surface area contributed by atoms with E-state index in [9.17, 15) is 9.59 Å². The second kappa shape index (κ2) is 4.12. The van der Waals surface area contributed by atoms with Crippen LogP contribution in [0.3, 0.4) is 0 Å². The first-order valence-electron chi connectivity index (χ1n) is 6.09. The van der Waals surface area contributed by atoms with Crippen LogP contribution in [0.1, 0.15) is 27.2 Å². The maximum atomic E-state index is 12.4. The molecule has 0 radical (unpaired) electrons. The summed E-state index contributed by atoms with van der Waals surface area (Å²) in [5.41, 5.74) is 6.22. The van der Waals surface area contributed by atoms with E-state index in [1.165, 1.54) is 4.90 Å². The number of anilines is 2. The van der Waals surface area contributed by atoms with Crippen molar-refractivity contribution in [3.8, 4) is 0 Å². The molecule has 1 heterocycles. The highest BCUT2D eigenvalue weighted by atomic mass is 16.2. The van der Waals surface area contributed by atoms with Gasteiger partial charge in [0.2, 0.25) is 11.8 Å². The SMILES string of the molecule is CC(C)C1(C)CC(=O)N(c2ccc(N)cc2)C1=O. The summed E-state index contributed by atoms with van der Waals surface area (Å²) in [5.74, 6) is -0.124. The monoisotopic (exact) mass is 246 g/mol. The van der Waals surface area contributed by atoms with E-state index in [0.29, 0.717) is 11.4 Å². The van der Waals surface area contributed by atoms with E-state index in [2.05, 4.69) is 0 Å². The van der Waals surface area contributed by atoms with Gasteiger partial charge in [0.05, 0.1) is 11.1 Å². The van der Waals surface area contributed by atoms with Gasteiger partial charge in [0.15, 0.2) is 0 Å². The fraction of sp³-hybridized carbons (Fsp3) is 0.429. The van der Waals surface area contributed by atoms with Gasteiger partial charge in [0.1, 0.15) is 0 Å². The molecule has 0 spiro atoms. The Balaban J connectivity index is 2.38. The van der Waals surface area contributed by atoms with Crippen LogP contribution < -0.4 is 10.6 Å². The lowest BCUT2D eigenvalue weighted by Crippen LogP contribution is -2.36. The molecule has 18 heavy (non-hydrogen) atoms. The molecule has 0 aromatic heterocycles. The zero-order valence-electron chi connectivity index (χ0n) is 10.9. The number of nitrogens with two attached hydrogens (primary N) is 1. The molecule has 0 bridgehead atoms. The van der Waals surface area contributed by atoms with E-state index in [4.69, 9.17) is 5.73 Å². The molecule has 2 N–H and O–H groups in total. The van der Waals surface area contributed by atoms with Gasteiger partial charge in [-0.1, -0.05) is 13.8 Å². The van der Waals surface area contributed by atoms with Gasteiger partial charge in [-0.2, -0.15) is 0 Å². The van der Waals surface area contributed by atoms with Gasteiger partial charge >= 0.3 is 0 Å². The lowest BCUT2D eigenvalue weighted by atomic mass is 9.78. The predicted molar refractivity (Wildman–Crippen MR) is 70.9 cm³/mol. The second-order valence-corrected chi connectivity index (χ2v) is 5.37. The Morgan fingerprint density at radius 1 is 1.22 bits per heavy atom. The summed E-state index contributed by atoms with van der Waals surface area (Å²) in [4.78, 5) is 25.8. The van der Waals surface area contributed by atoms with Gasteiger partial charge in [-0.25, -0.2) is 0 Å². The molecule has 1 aliphatic rings. The summed E-state index contributed by atoms with van der Waals surface area (Å²) >= 11 is 0. The minimum absolute atomic E-state index is 0.118. The lowest BCUT2D eigenvalue weighted by Gasteiger charge is -2.26. The Morgan fingerprint density at radius 2 is 1.78 bits per heavy atom. The fourth-order valence-electron chi connectivity index (χ4n) is 2.17. The van der Waals surface area contributed by atoms with Gasteiger partial charge < -0.3 is 5.73 Å². The van der Waals surface area contributed by atoms with Crippen LogP contribution in [-0.2, 0) is 9.59 Å². The van der Waals surface area contributed by atoms with E-state index < -0.39 is 5.41 Å². The summed E-state index contributed by atoms with van der Waals surface area (Å²) < 4.78 is 0. The molecular weight excluding hydrogens is 228 g/mol. The summed E-state index contributed by atoms with van der Waals surface area (Å²) in [6.45, 7) is 5.80. The molecule has 1 aromatic rings. The molecule has 0 aliphatic carbocycles. The quantitative estimate of drug-likeness (QED) is 0.642. The standard InChI is InChI=1S/C14H18N2O2/c1-9(2)14(3)8-12(17)16(13(14)18)11-6-4-10(15)5-7-11/h4-7,9H,8,15H2,1-3H3. The summed E-state index contributed by atoms with van der Waals surface area (Å²) in [6.07, 6.45) is 0.272. The number of benzene rings is 1. The average Bonchev–Trinajstić information content (AvgIpc) is 2.53. The van der Waals surface area contributed by atoms with Crippen molar-refractivity contribution < 1.29 is 9.59 Å². The molecule has 96 valence electrons. The van der Waals surface area contributed by atoms with Crippen molar-refractivity contribution in [2.45, 2.75) is 27.2 Å². The van der Waals surface area contributed by atoms with E-state index >= 15 is 0 Å². The third kappa shape index (κ3) is 1.78. The van der Waals surface area contributed by atoms with Crippen LogP contribution >= 0.6 is 0 Å². The van der Waals surface area contributed by atoms with Crippen LogP contribution in [0.4, 0.5) is 11.4 Å². The van der Waals surface area contributed by atoms with E-state index in [1.54, 1.807) is 24.3 Å². The lowest BCUT2D eigenvalue weighted by molar-refractivity contribution is -0.126. The van der Waals surface area contributed by atoms with Crippen molar-refractivity contribution in [2.24, 2.45) is 11.3 Å². The highest BCUT2D eigenvalue weighted by Gasteiger charge is 2.50. The van der Waals surface area contributed by atoms with Crippen LogP contribution in [0.5, 0.6) is 0 Å². The molecule has 4 heteroatoms. The molecule has 1 unspecified atom stereocenters. The largest absolute Gasteiger partial charge is 0.399 e. The number of nitrogens with zero attached hydrogens (tertiary/aromatic N) is 1. The number of carbonyl (C=O) groups is 2. The van der Waals surface area contributed by atoms with Gasteiger partial charge in [-0.15, -0.1) is 0 Å². The number of hydrogen-bond donors (Lipinski definition) is 1. The smallest absolute Gasteiger partial charge is 0.240 e. The van der Waals surface area contributed by atoms with E-state index in [-0.39, 0.29) is 24.2 Å². The number of imide groups is 1. The Kier molecular flexibility index (Phi) is 2.89. The zero-order valence-corrected chi connectivity index (χ0v) is 10.9. The van der Waals surface area contributed by atoms with Gasteiger partial charge in [0, 0.05) is 12.1 Å². The van der Waals surface area contributed by atoms with E-state index in [0.717, 1.165) is 0 Å². The number of rotatable bonds is 2. The van der Waals surface area contributed by atoms with Crippen LogP contribution in [-0.4, -0.2) is 11.8 Å². The third-order valence-electron chi connectivity index (χ3n) is 3.89. The number of hydrogen-bond acceptors (Lipinski definition) is 3. The maximum Gasteiger partial charge on any atom is 0.240 e. The summed E-state index contributed by atoms with van der Waals surface area (Å²) in [6, 6.07) is 6.80. The molecule has 2 rings (SSSR count). The Bertz CT molecular complexity index is 493. The van der Waals surface area contributed by atoms with Crippen LogP contribution in [0.15, 0.2) is 24.3 Å². The maximum absolute atomic E-state index is 12.4. The summed E-state index contributed by atoms with van der Waals surface area (Å²) in [7, 11) is 0. The number of nitrogen functional groups attached to an aromatic ring is 1. The molecule has 4 nitrogen and oxygen atoms in total. The van der Waals surface area contributed by atoms with Gasteiger partial charge in [-0.05, 0) is 37.1 Å². The van der Waals surface area contributed by atoms with Gasteiger partial charge in [-0.3, -0.25) is 14.5 Å². The first-order chi connectivity index (χ1) is 8.36.